The van der Waals surface area contributed by atoms with E-state index in [1.165, 1.54) is 0 Å². The van der Waals surface area contributed by atoms with E-state index in [1.54, 1.807) is 24.3 Å². The van der Waals surface area contributed by atoms with E-state index in [-0.39, 0.29) is 11.4 Å². The number of benzene rings is 2. The van der Waals surface area contributed by atoms with Crippen molar-refractivity contribution < 1.29 is 9.53 Å². The van der Waals surface area contributed by atoms with Crippen molar-refractivity contribution in [3.63, 3.8) is 0 Å². The van der Waals surface area contributed by atoms with Crippen LogP contribution in [-0.2, 0) is 0 Å². The Bertz CT molecular complexity index is 694. The third-order valence-electron chi connectivity index (χ3n) is 2.87. The van der Waals surface area contributed by atoms with Gasteiger partial charge in [-0.3, -0.25) is 15.6 Å². The van der Waals surface area contributed by atoms with E-state index in [2.05, 4.69) is 16.2 Å². The Kier molecular flexibility index (Phi) is 5.76. The van der Waals surface area contributed by atoms with Crippen LogP contribution in [0.1, 0.15) is 31.1 Å². The maximum atomic E-state index is 12.1. The van der Waals surface area contributed by atoms with Crippen molar-refractivity contribution >= 4 is 23.2 Å². The fraction of sp³-hybridized carbons (Fsp3) is 0.222. The molecule has 5 nitrogen and oxygen atoms in total. The predicted octanol–water partition coefficient (Wildman–Crippen LogP) is 3.39. The molecule has 0 heterocycles. The van der Waals surface area contributed by atoms with Gasteiger partial charge in [0, 0.05) is 11.1 Å². The highest BCUT2D eigenvalue weighted by Crippen LogP contribution is 2.20. The second kappa shape index (κ2) is 7.79. The molecular formula is C18H21N3O2S. The molecule has 2 aromatic carbocycles. The lowest BCUT2D eigenvalue weighted by Gasteiger charge is -2.23. The summed E-state index contributed by atoms with van der Waals surface area (Å²) < 4.78 is 5.69. The molecule has 2 aromatic rings. The van der Waals surface area contributed by atoms with Crippen LogP contribution < -0.4 is 20.9 Å². The summed E-state index contributed by atoms with van der Waals surface area (Å²) in [7, 11) is 0. The lowest BCUT2D eigenvalue weighted by molar-refractivity contribution is 0.0943. The molecule has 0 atom stereocenters. The molecule has 0 aliphatic heterocycles. The quantitative estimate of drug-likeness (QED) is 0.589. The van der Waals surface area contributed by atoms with Gasteiger partial charge in [-0.15, -0.1) is 0 Å². The highest BCUT2D eigenvalue weighted by Gasteiger charge is 2.12. The van der Waals surface area contributed by atoms with Crippen LogP contribution in [0.4, 0.5) is 0 Å². The average molecular weight is 343 g/mol. The number of nitrogens with one attached hydrogen (secondary N) is 3. The van der Waals surface area contributed by atoms with Crippen LogP contribution in [0.15, 0.2) is 54.6 Å². The van der Waals surface area contributed by atoms with Gasteiger partial charge in [-0.25, -0.2) is 0 Å². The van der Waals surface area contributed by atoms with E-state index < -0.39 is 0 Å². The number of hydrogen-bond donors (Lipinski definition) is 3. The maximum Gasteiger partial charge on any atom is 0.269 e. The number of para-hydroxylation sites is 1. The van der Waals surface area contributed by atoms with Crippen LogP contribution in [0.2, 0.25) is 0 Å². The van der Waals surface area contributed by atoms with Crippen molar-refractivity contribution in [3.8, 4) is 11.5 Å². The van der Waals surface area contributed by atoms with Crippen molar-refractivity contribution in [3.05, 3.63) is 60.2 Å². The van der Waals surface area contributed by atoms with E-state index in [9.17, 15) is 4.79 Å². The number of hydrazine groups is 1. The Labute approximate surface area is 147 Å². The molecule has 0 spiro atoms. The van der Waals surface area contributed by atoms with Gasteiger partial charge in [0.1, 0.15) is 11.5 Å². The monoisotopic (exact) mass is 343 g/mol. The van der Waals surface area contributed by atoms with Crippen LogP contribution in [0.3, 0.4) is 0 Å². The van der Waals surface area contributed by atoms with Gasteiger partial charge in [0.15, 0.2) is 5.11 Å². The lowest BCUT2D eigenvalue weighted by Crippen LogP contribution is -2.52. The Morgan fingerprint density at radius 2 is 1.50 bits per heavy atom. The molecule has 2 rings (SSSR count). The number of thiocarbonyl (C=S) groups is 1. The van der Waals surface area contributed by atoms with Crippen LogP contribution in [0.25, 0.3) is 0 Å². The molecule has 0 unspecified atom stereocenters. The van der Waals surface area contributed by atoms with Gasteiger partial charge < -0.3 is 10.1 Å². The molecule has 0 aliphatic rings. The molecule has 0 saturated carbocycles. The van der Waals surface area contributed by atoms with Crippen molar-refractivity contribution in [2.45, 2.75) is 26.3 Å². The van der Waals surface area contributed by atoms with Crippen LogP contribution in [0, 0.1) is 0 Å². The van der Waals surface area contributed by atoms with Gasteiger partial charge in [-0.2, -0.15) is 0 Å². The Balaban J connectivity index is 1.88. The highest BCUT2D eigenvalue weighted by molar-refractivity contribution is 7.80. The summed E-state index contributed by atoms with van der Waals surface area (Å²) in [6.07, 6.45) is 0. The number of carbonyl (C=O) groups is 1. The Morgan fingerprint density at radius 3 is 2.08 bits per heavy atom. The third-order valence-corrected chi connectivity index (χ3v) is 3.08. The second-order valence-corrected chi connectivity index (χ2v) is 6.63. The van der Waals surface area contributed by atoms with Gasteiger partial charge in [0.2, 0.25) is 0 Å². The van der Waals surface area contributed by atoms with Gasteiger partial charge in [0.25, 0.3) is 5.91 Å². The summed E-state index contributed by atoms with van der Waals surface area (Å²) in [5, 5.41) is 3.41. The standard InChI is InChI=1S/C18H21N3O2S/c1-18(2,3)19-17(24)21-20-16(22)13-9-11-15(12-10-13)23-14-7-5-4-6-8-14/h4-12H,1-3H3,(H,20,22)(H2,19,21,24). The van der Waals surface area contributed by atoms with Crippen molar-refractivity contribution in [2.75, 3.05) is 0 Å². The molecule has 0 fully saturated rings. The molecule has 126 valence electrons. The molecule has 0 aliphatic carbocycles. The fourth-order valence-corrected chi connectivity index (χ4v) is 2.21. The molecule has 24 heavy (non-hydrogen) atoms. The summed E-state index contributed by atoms with van der Waals surface area (Å²) >= 11 is 5.11. The van der Waals surface area contributed by atoms with E-state index in [4.69, 9.17) is 17.0 Å². The number of hydrogen-bond acceptors (Lipinski definition) is 3. The zero-order valence-corrected chi connectivity index (χ0v) is 14.7. The molecule has 1 amide bonds. The summed E-state index contributed by atoms with van der Waals surface area (Å²) in [4.78, 5) is 12.1. The van der Waals surface area contributed by atoms with Crippen LogP contribution in [0.5, 0.6) is 11.5 Å². The first-order chi connectivity index (χ1) is 11.3. The summed E-state index contributed by atoms with van der Waals surface area (Å²) in [5.41, 5.74) is 5.56. The number of amides is 1. The van der Waals surface area contributed by atoms with Gasteiger partial charge in [-0.1, -0.05) is 18.2 Å². The topological polar surface area (TPSA) is 62.4 Å². The number of ether oxygens (including phenoxy) is 1. The zero-order valence-electron chi connectivity index (χ0n) is 13.9. The first-order valence-corrected chi connectivity index (χ1v) is 7.96. The largest absolute Gasteiger partial charge is 0.457 e. The predicted molar refractivity (Wildman–Crippen MR) is 99.0 cm³/mol. The summed E-state index contributed by atoms with van der Waals surface area (Å²) in [5.74, 6) is 1.13. The van der Waals surface area contributed by atoms with Crippen LogP contribution in [-0.4, -0.2) is 16.6 Å². The third kappa shape index (κ3) is 5.89. The summed E-state index contributed by atoms with van der Waals surface area (Å²) in [6, 6.07) is 16.3. The molecule has 0 bridgehead atoms. The minimum Gasteiger partial charge on any atom is -0.457 e. The summed E-state index contributed by atoms with van der Waals surface area (Å²) in [6.45, 7) is 5.94. The highest BCUT2D eigenvalue weighted by atomic mass is 32.1. The van der Waals surface area contributed by atoms with Gasteiger partial charge in [-0.05, 0) is 69.4 Å². The van der Waals surface area contributed by atoms with Gasteiger partial charge >= 0.3 is 0 Å². The minimum absolute atomic E-state index is 0.175. The SMILES string of the molecule is CC(C)(C)NC(=S)NNC(=O)c1ccc(Oc2ccccc2)cc1. The molecule has 3 N–H and O–H groups in total. The molecule has 0 radical (unpaired) electrons. The smallest absolute Gasteiger partial charge is 0.269 e. The first kappa shape index (κ1) is 17.7. The maximum absolute atomic E-state index is 12.1. The van der Waals surface area contributed by atoms with Gasteiger partial charge in [0.05, 0.1) is 0 Å². The van der Waals surface area contributed by atoms with E-state index in [0.29, 0.717) is 16.4 Å². The van der Waals surface area contributed by atoms with Crippen LogP contribution >= 0.6 is 12.2 Å². The van der Waals surface area contributed by atoms with Crippen molar-refractivity contribution in [1.82, 2.24) is 16.2 Å². The lowest BCUT2D eigenvalue weighted by atomic mass is 10.1. The molecule has 6 heteroatoms. The molecule has 0 aromatic heterocycles. The normalized spacial score (nSPS) is 10.6. The van der Waals surface area contributed by atoms with E-state index in [0.717, 1.165) is 5.75 Å². The number of rotatable bonds is 3. The molecular weight excluding hydrogens is 322 g/mol. The van der Waals surface area contributed by atoms with E-state index in [1.807, 2.05) is 51.1 Å². The second-order valence-electron chi connectivity index (χ2n) is 6.22. The minimum atomic E-state index is -0.278. The average Bonchev–Trinajstić information content (AvgIpc) is 2.53. The van der Waals surface area contributed by atoms with Crippen molar-refractivity contribution in [1.29, 1.82) is 0 Å². The Morgan fingerprint density at radius 1 is 0.917 bits per heavy atom. The van der Waals surface area contributed by atoms with Crippen molar-refractivity contribution in [2.24, 2.45) is 0 Å². The number of carbonyl (C=O) groups excluding carboxylic acids is 1. The van der Waals surface area contributed by atoms with E-state index >= 15 is 0 Å². The fourth-order valence-electron chi connectivity index (χ4n) is 1.86. The first-order valence-electron chi connectivity index (χ1n) is 7.55. The molecule has 0 saturated heterocycles. The zero-order chi connectivity index (χ0) is 17.6. The Hall–Kier alpha value is -2.60.